The van der Waals surface area contributed by atoms with Crippen molar-refractivity contribution in [1.82, 2.24) is 5.32 Å². The number of nitrogens with one attached hydrogen (secondary N) is 1. The molecule has 0 bridgehead atoms. The lowest BCUT2D eigenvalue weighted by molar-refractivity contribution is -0.101. The molecule has 2 fully saturated rings. The van der Waals surface area contributed by atoms with Gasteiger partial charge in [-0.15, -0.1) is 0 Å². The molecule has 2 saturated heterocycles. The minimum absolute atomic E-state index is 0.239. The maximum Gasteiger partial charge on any atom is 0.0783 e. The van der Waals surface area contributed by atoms with Crippen LogP contribution in [0, 0.1) is 11.3 Å². The minimum Gasteiger partial charge on any atom is -0.374 e. The van der Waals surface area contributed by atoms with Gasteiger partial charge in [0, 0.05) is 12.4 Å². The highest BCUT2D eigenvalue weighted by atomic mass is 32.2. The molecule has 2 nitrogen and oxygen atoms in total. The first-order valence-corrected chi connectivity index (χ1v) is 8.66. The zero-order valence-electron chi connectivity index (χ0n) is 12.3. The molecule has 2 rings (SSSR count). The van der Waals surface area contributed by atoms with Crippen molar-refractivity contribution in [1.29, 1.82) is 0 Å². The van der Waals surface area contributed by atoms with Crippen molar-refractivity contribution in [2.45, 2.75) is 52.1 Å². The summed E-state index contributed by atoms with van der Waals surface area (Å²) in [7, 11) is 0. The fourth-order valence-electron chi connectivity index (χ4n) is 3.35. The summed E-state index contributed by atoms with van der Waals surface area (Å²) in [4.78, 5) is 0. The maximum absolute atomic E-state index is 6.14. The number of thioether (sulfide) groups is 1. The van der Waals surface area contributed by atoms with E-state index in [2.05, 4.69) is 37.8 Å². The molecule has 1 N–H and O–H groups in total. The fraction of sp³-hybridized carbons (Fsp3) is 1.00. The summed E-state index contributed by atoms with van der Waals surface area (Å²) in [6.45, 7) is 10.3. The zero-order chi connectivity index (χ0) is 13.1. The normalized spacial score (nSPS) is 33.2. The molecule has 0 saturated carbocycles. The van der Waals surface area contributed by atoms with Crippen molar-refractivity contribution in [3.8, 4) is 0 Å². The quantitative estimate of drug-likeness (QED) is 0.775. The highest BCUT2D eigenvalue weighted by Crippen LogP contribution is 2.46. The fourth-order valence-corrected chi connectivity index (χ4v) is 4.73. The van der Waals surface area contributed by atoms with Crippen LogP contribution in [0.5, 0.6) is 0 Å². The van der Waals surface area contributed by atoms with Crippen LogP contribution in [0.2, 0.25) is 0 Å². The summed E-state index contributed by atoms with van der Waals surface area (Å²) in [6, 6.07) is 0. The van der Waals surface area contributed by atoms with E-state index in [1.165, 1.54) is 37.2 Å². The topological polar surface area (TPSA) is 21.3 Å². The molecule has 0 aromatic heterocycles. The molecule has 2 aliphatic heterocycles. The molecule has 3 heteroatoms. The second-order valence-electron chi connectivity index (χ2n) is 6.62. The molecular weight excluding hydrogens is 242 g/mol. The van der Waals surface area contributed by atoms with E-state index in [9.17, 15) is 0 Å². The minimum atomic E-state index is 0.239. The summed E-state index contributed by atoms with van der Waals surface area (Å²) >= 11 is 2.08. The van der Waals surface area contributed by atoms with Crippen LogP contribution in [-0.4, -0.2) is 36.8 Å². The molecule has 2 heterocycles. The highest BCUT2D eigenvalue weighted by Gasteiger charge is 2.44. The summed E-state index contributed by atoms with van der Waals surface area (Å²) in [6.07, 6.45) is 5.11. The van der Waals surface area contributed by atoms with Gasteiger partial charge >= 0.3 is 0 Å². The molecule has 0 amide bonds. The van der Waals surface area contributed by atoms with Gasteiger partial charge in [0.25, 0.3) is 0 Å². The second-order valence-corrected chi connectivity index (χ2v) is 7.72. The molecule has 0 aromatic carbocycles. The van der Waals surface area contributed by atoms with Gasteiger partial charge in [0.05, 0.1) is 5.60 Å². The van der Waals surface area contributed by atoms with Crippen LogP contribution in [0.25, 0.3) is 0 Å². The van der Waals surface area contributed by atoms with Crippen LogP contribution >= 0.6 is 11.8 Å². The Morgan fingerprint density at radius 3 is 2.94 bits per heavy atom. The van der Waals surface area contributed by atoms with Gasteiger partial charge in [0.1, 0.15) is 0 Å². The SMILES string of the molecule is CCNCCC(C)(C)C1CCOC2(CCSC2)C1. The van der Waals surface area contributed by atoms with E-state index in [1.54, 1.807) is 0 Å². The van der Waals surface area contributed by atoms with Crippen molar-refractivity contribution in [3.05, 3.63) is 0 Å². The van der Waals surface area contributed by atoms with Gasteiger partial charge in [-0.3, -0.25) is 0 Å². The number of hydrogen-bond acceptors (Lipinski definition) is 3. The third-order valence-corrected chi connectivity index (χ3v) is 6.08. The lowest BCUT2D eigenvalue weighted by atomic mass is 9.68. The summed E-state index contributed by atoms with van der Waals surface area (Å²) in [5.41, 5.74) is 0.690. The van der Waals surface area contributed by atoms with Gasteiger partial charge in [-0.1, -0.05) is 20.8 Å². The van der Waals surface area contributed by atoms with Gasteiger partial charge < -0.3 is 10.1 Å². The molecular formula is C15H29NOS. The van der Waals surface area contributed by atoms with Gasteiger partial charge in [0.15, 0.2) is 0 Å². The van der Waals surface area contributed by atoms with Crippen LogP contribution in [-0.2, 0) is 4.74 Å². The lowest BCUT2D eigenvalue weighted by Gasteiger charge is -2.44. The Kier molecular flexibility index (Phi) is 5.01. The predicted molar refractivity (Wildman–Crippen MR) is 80.3 cm³/mol. The molecule has 0 aromatic rings. The molecule has 0 aliphatic carbocycles. The molecule has 1 spiro atoms. The van der Waals surface area contributed by atoms with E-state index in [4.69, 9.17) is 4.74 Å². The average Bonchev–Trinajstić information content (AvgIpc) is 2.77. The van der Waals surface area contributed by atoms with Gasteiger partial charge in [-0.2, -0.15) is 11.8 Å². The van der Waals surface area contributed by atoms with Crippen LogP contribution in [0.15, 0.2) is 0 Å². The first-order chi connectivity index (χ1) is 8.58. The van der Waals surface area contributed by atoms with E-state index in [0.717, 1.165) is 25.6 Å². The van der Waals surface area contributed by atoms with E-state index < -0.39 is 0 Å². The lowest BCUT2D eigenvalue weighted by Crippen LogP contribution is -2.44. The monoisotopic (exact) mass is 271 g/mol. The van der Waals surface area contributed by atoms with Crippen molar-refractivity contribution >= 4 is 11.8 Å². The van der Waals surface area contributed by atoms with Crippen LogP contribution in [0.3, 0.4) is 0 Å². The van der Waals surface area contributed by atoms with Crippen molar-refractivity contribution in [2.75, 3.05) is 31.2 Å². The van der Waals surface area contributed by atoms with E-state index in [0.29, 0.717) is 5.41 Å². The maximum atomic E-state index is 6.14. The van der Waals surface area contributed by atoms with E-state index in [1.807, 2.05) is 0 Å². The van der Waals surface area contributed by atoms with Gasteiger partial charge in [-0.25, -0.2) is 0 Å². The van der Waals surface area contributed by atoms with Crippen LogP contribution < -0.4 is 5.32 Å². The Bertz CT molecular complexity index is 261. The smallest absolute Gasteiger partial charge is 0.0783 e. The first-order valence-electron chi connectivity index (χ1n) is 7.50. The van der Waals surface area contributed by atoms with Crippen LogP contribution in [0.1, 0.15) is 46.5 Å². The molecule has 2 unspecified atom stereocenters. The average molecular weight is 271 g/mol. The Hall–Kier alpha value is 0.270. The van der Waals surface area contributed by atoms with Crippen molar-refractivity contribution in [3.63, 3.8) is 0 Å². The Morgan fingerprint density at radius 1 is 1.44 bits per heavy atom. The van der Waals surface area contributed by atoms with Crippen molar-refractivity contribution < 1.29 is 4.74 Å². The van der Waals surface area contributed by atoms with Gasteiger partial charge in [-0.05, 0) is 55.9 Å². The number of rotatable bonds is 5. The highest BCUT2D eigenvalue weighted by molar-refractivity contribution is 7.99. The third kappa shape index (κ3) is 3.43. The summed E-state index contributed by atoms with van der Waals surface area (Å²) in [5, 5.41) is 3.47. The molecule has 2 atom stereocenters. The van der Waals surface area contributed by atoms with Crippen LogP contribution in [0.4, 0.5) is 0 Å². The largest absolute Gasteiger partial charge is 0.374 e. The van der Waals surface area contributed by atoms with Gasteiger partial charge in [0.2, 0.25) is 0 Å². The molecule has 18 heavy (non-hydrogen) atoms. The molecule has 2 aliphatic rings. The number of hydrogen-bond donors (Lipinski definition) is 1. The number of ether oxygens (including phenoxy) is 1. The predicted octanol–water partition coefficient (Wildman–Crippen LogP) is 3.31. The zero-order valence-corrected chi connectivity index (χ0v) is 13.1. The summed E-state index contributed by atoms with van der Waals surface area (Å²) < 4.78 is 6.14. The standard InChI is InChI=1S/C15H29NOS/c1-4-16-8-6-14(2,3)13-5-9-17-15(11-13)7-10-18-12-15/h13,16H,4-12H2,1-3H3. The third-order valence-electron chi connectivity index (χ3n) is 4.86. The van der Waals surface area contributed by atoms with E-state index in [-0.39, 0.29) is 5.60 Å². The molecule has 0 radical (unpaired) electrons. The Morgan fingerprint density at radius 2 is 2.28 bits per heavy atom. The Balaban J connectivity index is 1.90. The van der Waals surface area contributed by atoms with Crippen molar-refractivity contribution in [2.24, 2.45) is 11.3 Å². The Labute approximate surface area is 117 Å². The second kappa shape index (κ2) is 6.15. The first kappa shape index (κ1) is 14.7. The van der Waals surface area contributed by atoms with E-state index >= 15 is 0 Å². The summed E-state index contributed by atoms with van der Waals surface area (Å²) in [5.74, 6) is 3.36. The molecule has 106 valence electrons.